The zero-order chi connectivity index (χ0) is 23.2. The Kier molecular flexibility index (Phi) is 9.70. The fourth-order valence-electron chi connectivity index (χ4n) is 3.40. The van der Waals surface area contributed by atoms with Gasteiger partial charge >= 0.3 is 5.97 Å². The molecule has 10 heteroatoms. The first-order chi connectivity index (χ1) is 13.9. The summed E-state index contributed by atoms with van der Waals surface area (Å²) in [4.78, 5) is 51.2. The van der Waals surface area contributed by atoms with Crippen LogP contribution in [0.4, 0.5) is 0 Å². The standard InChI is InChI=1S/C20H36N4O6/c1-6-11(4)16(23-18(27)14(21)12(5)25)19(28)24-9-7-8-13(24)17(26)22-15(10(2)3)20(29)30/h10-16,25H,6-9,21H2,1-5H3,(H,22,26)(H,23,27)(H,29,30). The van der Waals surface area contributed by atoms with Gasteiger partial charge in [0, 0.05) is 6.54 Å². The van der Waals surface area contributed by atoms with Crippen molar-refractivity contribution in [1.29, 1.82) is 0 Å². The third kappa shape index (κ3) is 6.40. The van der Waals surface area contributed by atoms with Gasteiger partial charge in [-0.15, -0.1) is 0 Å². The Hall–Kier alpha value is -2.20. The second kappa shape index (κ2) is 11.3. The van der Waals surface area contributed by atoms with Gasteiger partial charge in [0.05, 0.1) is 6.10 Å². The highest BCUT2D eigenvalue weighted by Gasteiger charge is 2.40. The number of aliphatic carboxylic acids is 1. The molecule has 1 rings (SSSR count). The van der Waals surface area contributed by atoms with Crippen molar-refractivity contribution in [3.8, 4) is 0 Å². The zero-order valence-corrected chi connectivity index (χ0v) is 18.4. The topological polar surface area (TPSA) is 162 Å². The molecule has 3 amide bonds. The molecule has 0 radical (unpaired) electrons. The number of carboxylic acids is 1. The summed E-state index contributed by atoms with van der Waals surface area (Å²) in [5.41, 5.74) is 5.68. The SMILES string of the molecule is CCC(C)C(NC(=O)C(N)C(C)O)C(=O)N1CCCC1C(=O)NC(C(=O)O)C(C)C. The molecule has 1 aliphatic heterocycles. The summed E-state index contributed by atoms with van der Waals surface area (Å²) in [6, 6.07) is -3.93. The molecule has 0 aromatic heterocycles. The summed E-state index contributed by atoms with van der Waals surface area (Å²) in [5.74, 6) is -3.25. The number of carbonyl (C=O) groups is 4. The molecule has 1 saturated heterocycles. The summed E-state index contributed by atoms with van der Waals surface area (Å²) < 4.78 is 0. The smallest absolute Gasteiger partial charge is 0.326 e. The summed E-state index contributed by atoms with van der Waals surface area (Å²) in [6.45, 7) is 8.79. The lowest BCUT2D eigenvalue weighted by molar-refractivity contribution is -0.146. The summed E-state index contributed by atoms with van der Waals surface area (Å²) >= 11 is 0. The minimum absolute atomic E-state index is 0.227. The first kappa shape index (κ1) is 25.8. The molecular weight excluding hydrogens is 392 g/mol. The third-order valence-electron chi connectivity index (χ3n) is 5.67. The van der Waals surface area contributed by atoms with Crippen molar-refractivity contribution in [2.24, 2.45) is 17.6 Å². The molecule has 6 N–H and O–H groups in total. The van der Waals surface area contributed by atoms with E-state index in [1.807, 2.05) is 6.92 Å². The second-order valence-electron chi connectivity index (χ2n) is 8.40. The van der Waals surface area contributed by atoms with Crippen molar-refractivity contribution in [1.82, 2.24) is 15.5 Å². The van der Waals surface area contributed by atoms with Gasteiger partial charge in [0.2, 0.25) is 17.7 Å². The minimum atomic E-state index is -1.18. The Bertz CT molecular complexity index is 639. The summed E-state index contributed by atoms with van der Waals surface area (Å²) in [5, 5.41) is 24.0. The number of aliphatic hydroxyl groups is 1. The minimum Gasteiger partial charge on any atom is -0.480 e. The lowest BCUT2D eigenvalue weighted by Crippen LogP contribution is -2.59. The molecule has 1 aliphatic rings. The normalized spacial score (nSPS) is 21.5. The molecule has 0 aliphatic carbocycles. The number of rotatable bonds is 10. The number of nitrogens with zero attached hydrogens (tertiary/aromatic N) is 1. The van der Waals surface area contributed by atoms with Crippen LogP contribution < -0.4 is 16.4 Å². The molecule has 0 spiro atoms. The van der Waals surface area contributed by atoms with E-state index in [1.165, 1.54) is 11.8 Å². The average Bonchev–Trinajstić information content (AvgIpc) is 3.17. The average molecular weight is 429 g/mol. The molecule has 10 nitrogen and oxygen atoms in total. The number of nitrogens with two attached hydrogens (primary N) is 1. The van der Waals surface area contributed by atoms with Crippen LogP contribution in [0.5, 0.6) is 0 Å². The van der Waals surface area contributed by atoms with Crippen LogP contribution in [0, 0.1) is 11.8 Å². The van der Waals surface area contributed by atoms with Gasteiger partial charge in [-0.2, -0.15) is 0 Å². The van der Waals surface area contributed by atoms with Crippen molar-refractivity contribution < 1.29 is 29.4 Å². The van der Waals surface area contributed by atoms with Crippen molar-refractivity contribution in [3.63, 3.8) is 0 Å². The zero-order valence-electron chi connectivity index (χ0n) is 18.4. The highest BCUT2D eigenvalue weighted by atomic mass is 16.4. The van der Waals surface area contributed by atoms with E-state index in [4.69, 9.17) is 5.73 Å². The lowest BCUT2D eigenvalue weighted by Gasteiger charge is -2.32. The number of hydrogen-bond acceptors (Lipinski definition) is 6. The van der Waals surface area contributed by atoms with E-state index in [0.717, 1.165) is 0 Å². The Labute approximate surface area is 177 Å². The number of likely N-dealkylation sites (tertiary alicyclic amines) is 1. The van der Waals surface area contributed by atoms with Gasteiger partial charge in [-0.25, -0.2) is 4.79 Å². The predicted molar refractivity (Wildman–Crippen MR) is 110 cm³/mol. The van der Waals surface area contributed by atoms with E-state index in [0.29, 0.717) is 25.8 Å². The molecule has 172 valence electrons. The first-order valence-electron chi connectivity index (χ1n) is 10.5. The maximum absolute atomic E-state index is 13.3. The number of carboxylic acid groups (broad SMARTS) is 1. The molecule has 1 heterocycles. The van der Waals surface area contributed by atoms with Crippen LogP contribution in [0.15, 0.2) is 0 Å². The van der Waals surface area contributed by atoms with Crippen LogP contribution in [0.1, 0.15) is 53.9 Å². The monoisotopic (exact) mass is 428 g/mol. The molecule has 0 aromatic carbocycles. The van der Waals surface area contributed by atoms with Gasteiger partial charge in [-0.05, 0) is 31.6 Å². The van der Waals surface area contributed by atoms with E-state index in [-0.39, 0.29) is 11.8 Å². The molecule has 6 atom stereocenters. The quantitative estimate of drug-likeness (QED) is 0.311. The van der Waals surface area contributed by atoms with Gasteiger partial charge in [0.25, 0.3) is 0 Å². The van der Waals surface area contributed by atoms with Crippen molar-refractivity contribution >= 4 is 23.7 Å². The number of carbonyl (C=O) groups excluding carboxylic acids is 3. The molecule has 6 unspecified atom stereocenters. The van der Waals surface area contributed by atoms with Crippen molar-refractivity contribution in [2.75, 3.05) is 6.54 Å². The van der Waals surface area contributed by atoms with Crippen LogP contribution in [-0.4, -0.2) is 75.6 Å². The van der Waals surface area contributed by atoms with Gasteiger partial charge in [-0.1, -0.05) is 34.1 Å². The fraction of sp³-hybridized carbons (Fsp3) is 0.800. The van der Waals surface area contributed by atoms with Crippen LogP contribution in [-0.2, 0) is 19.2 Å². The van der Waals surface area contributed by atoms with E-state index < -0.39 is 54.0 Å². The highest BCUT2D eigenvalue weighted by molar-refractivity contribution is 5.94. The first-order valence-corrected chi connectivity index (χ1v) is 10.5. The Balaban J connectivity index is 3.00. The number of aliphatic hydroxyl groups excluding tert-OH is 1. The maximum Gasteiger partial charge on any atom is 0.326 e. The van der Waals surface area contributed by atoms with Crippen molar-refractivity contribution in [3.05, 3.63) is 0 Å². The predicted octanol–water partition coefficient (Wildman–Crippen LogP) is -0.558. The Morgan fingerprint density at radius 1 is 1.10 bits per heavy atom. The van der Waals surface area contributed by atoms with Gasteiger partial charge in [0.1, 0.15) is 24.2 Å². The maximum atomic E-state index is 13.3. The molecular formula is C20H36N4O6. The van der Waals surface area contributed by atoms with E-state index >= 15 is 0 Å². The number of nitrogens with one attached hydrogen (secondary N) is 2. The molecule has 30 heavy (non-hydrogen) atoms. The van der Waals surface area contributed by atoms with Gasteiger partial charge in [0.15, 0.2) is 0 Å². The van der Waals surface area contributed by atoms with Crippen LogP contribution in [0.2, 0.25) is 0 Å². The van der Waals surface area contributed by atoms with Crippen LogP contribution in [0.3, 0.4) is 0 Å². The lowest BCUT2D eigenvalue weighted by atomic mass is 9.96. The summed E-state index contributed by atoms with van der Waals surface area (Å²) in [6.07, 6.45) is 0.528. The summed E-state index contributed by atoms with van der Waals surface area (Å²) in [7, 11) is 0. The largest absolute Gasteiger partial charge is 0.480 e. The molecule has 0 saturated carbocycles. The number of hydrogen-bond donors (Lipinski definition) is 5. The highest BCUT2D eigenvalue weighted by Crippen LogP contribution is 2.22. The van der Waals surface area contributed by atoms with Crippen molar-refractivity contribution in [2.45, 2.75) is 84.2 Å². The van der Waals surface area contributed by atoms with Crippen LogP contribution in [0.25, 0.3) is 0 Å². The van der Waals surface area contributed by atoms with Gasteiger partial charge < -0.3 is 31.5 Å². The van der Waals surface area contributed by atoms with E-state index in [1.54, 1.807) is 20.8 Å². The molecule has 1 fully saturated rings. The Morgan fingerprint density at radius 3 is 2.17 bits per heavy atom. The molecule has 0 aromatic rings. The molecule has 0 bridgehead atoms. The van der Waals surface area contributed by atoms with E-state index in [2.05, 4.69) is 10.6 Å². The number of amides is 3. The van der Waals surface area contributed by atoms with Crippen LogP contribution >= 0.6 is 0 Å². The third-order valence-corrected chi connectivity index (χ3v) is 5.67. The van der Waals surface area contributed by atoms with Gasteiger partial charge in [-0.3, -0.25) is 14.4 Å². The Morgan fingerprint density at radius 2 is 1.70 bits per heavy atom. The fourth-order valence-corrected chi connectivity index (χ4v) is 3.40. The second-order valence-corrected chi connectivity index (χ2v) is 8.40. The van der Waals surface area contributed by atoms with E-state index in [9.17, 15) is 29.4 Å².